The van der Waals surface area contributed by atoms with E-state index >= 15 is 0 Å². The van der Waals surface area contributed by atoms with Gasteiger partial charge in [0.15, 0.2) is 0 Å². The van der Waals surface area contributed by atoms with E-state index in [4.69, 9.17) is 14.7 Å². The standard InChI is InChI=1S/C24H33N5O2/c1-17-7-4-5-9-21(17)31-14-11-22(30)29-13-10-19-20(16-29)26-23(27-24(19)25-2)18-8-6-12-28(3)15-18/h4-5,7,9,18H,6,8,10-16H2,1-3H3,(H,25,26,27)/t18-/m0/s1. The van der Waals surface area contributed by atoms with Crippen LogP contribution in [0.15, 0.2) is 24.3 Å². The number of anilines is 1. The van der Waals surface area contributed by atoms with Crippen LogP contribution in [0.3, 0.4) is 0 Å². The predicted octanol–water partition coefficient (Wildman–Crippen LogP) is 2.99. The van der Waals surface area contributed by atoms with Gasteiger partial charge in [0.2, 0.25) is 5.91 Å². The summed E-state index contributed by atoms with van der Waals surface area (Å²) in [6.07, 6.45) is 3.43. The second-order valence-corrected chi connectivity index (χ2v) is 8.64. The van der Waals surface area contributed by atoms with E-state index in [-0.39, 0.29) is 5.91 Å². The number of para-hydroxylation sites is 1. The maximum absolute atomic E-state index is 12.8. The van der Waals surface area contributed by atoms with Gasteiger partial charge >= 0.3 is 0 Å². The average Bonchev–Trinajstić information content (AvgIpc) is 2.79. The molecule has 1 fully saturated rings. The minimum atomic E-state index is 0.114. The van der Waals surface area contributed by atoms with E-state index in [0.29, 0.717) is 32.0 Å². The van der Waals surface area contributed by atoms with Crippen LogP contribution in [0.4, 0.5) is 5.82 Å². The van der Waals surface area contributed by atoms with Crippen LogP contribution < -0.4 is 10.1 Å². The quantitative estimate of drug-likeness (QED) is 0.770. The fraction of sp³-hybridized carbons (Fsp3) is 0.542. The summed E-state index contributed by atoms with van der Waals surface area (Å²) in [6.45, 7) is 5.76. The number of nitrogens with zero attached hydrogens (tertiary/aromatic N) is 4. The summed E-state index contributed by atoms with van der Waals surface area (Å²) in [7, 11) is 4.07. The molecule has 0 saturated carbocycles. The second-order valence-electron chi connectivity index (χ2n) is 8.64. The van der Waals surface area contributed by atoms with Crippen LogP contribution in [0.2, 0.25) is 0 Å². The monoisotopic (exact) mass is 423 g/mol. The van der Waals surface area contributed by atoms with Gasteiger partial charge in [0.25, 0.3) is 0 Å². The van der Waals surface area contributed by atoms with Gasteiger partial charge in [-0.15, -0.1) is 0 Å². The van der Waals surface area contributed by atoms with Gasteiger partial charge in [-0.3, -0.25) is 4.79 Å². The third kappa shape index (κ3) is 4.98. The molecular weight excluding hydrogens is 390 g/mol. The molecule has 0 spiro atoms. The molecule has 1 amide bonds. The Hall–Kier alpha value is -2.67. The number of aromatic nitrogens is 2. The zero-order valence-corrected chi connectivity index (χ0v) is 18.9. The van der Waals surface area contributed by atoms with E-state index in [1.807, 2.05) is 43.1 Å². The number of hydrogen-bond donors (Lipinski definition) is 1. The van der Waals surface area contributed by atoms with Crippen molar-refractivity contribution in [2.45, 2.75) is 45.1 Å². The number of likely N-dealkylation sites (tertiary alicyclic amines) is 1. The summed E-state index contributed by atoms with van der Waals surface area (Å²) < 4.78 is 5.82. The molecule has 2 aliphatic rings. The Labute approximate surface area is 184 Å². The number of benzene rings is 1. The fourth-order valence-corrected chi connectivity index (χ4v) is 4.55. The van der Waals surface area contributed by atoms with E-state index in [2.05, 4.69) is 17.3 Å². The maximum atomic E-state index is 12.8. The predicted molar refractivity (Wildman–Crippen MR) is 121 cm³/mol. The van der Waals surface area contributed by atoms with Crippen molar-refractivity contribution in [1.29, 1.82) is 0 Å². The highest BCUT2D eigenvalue weighted by Crippen LogP contribution is 2.29. The number of aryl methyl sites for hydroxylation is 1. The van der Waals surface area contributed by atoms with Crippen LogP contribution in [0.5, 0.6) is 5.75 Å². The summed E-state index contributed by atoms with van der Waals surface area (Å²) >= 11 is 0. The number of ether oxygens (including phenoxy) is 1. The Balaban J connectivity index is 1.42. The lowest BCUT2D eigenvalue weighted by molar-refractivity contribution is -0.132. The molecule has 1 aromatic heterocycles. The van der Waals surface area contributed by atoms with Crippen molar-refractivity contribution < 1.29 is 9.53 Å². The second kappa shape index (κ2) is 9.64. The zero-order valence-electron chi connectivity index (χ0n) is 18.9. The van der Waals surface area contributed by atoms with Crippen molar-refractivity contribution in [3.63, 3.8) is 0 Å². The first-order valence-electron chi connectivity index (χ1n) is 11.3. The highest BCUT2D eigenvalue weighted by Gasteiger charge is 2.28. The molecule has 2 aromatic rings. The summed E-state index contributed by atoms with van der Waals surface area (Å²) in [4.78, 5) is 26.9. The number of piperidine rings is 1. The molecule has 7 heteroatoms. The Bertz CT molecular complexity index is 932. The number of nitrogens with one attached hydrogen (secondary N) is 1. The largest absolute Gasteiger partial charge is 0.493 e. The minimum absolute atomic E-state index is 0.114. The first-order valence-corrected chi connectivity index (χ1v) is 11.3. The molecule has 4 rings (SSSR count). The Morgan fingerprint density at radius 1 is 1.26 bits per heavy atom. The first-order chi connectivity index (χ1) is 15.0. The van der Waals surface area contributed by atoms with E-state index in [0.717, 1.165) is 60.1 Å². The van der Waals surface area contributed by atoms with Gasteiger partial charge in [-0.1, -0.05) is 18.2 Å². The third-order valence-corrected chi connectivity index (χ3v) is 6.33. The van der Waals surface area contributed by atoms with Crippen LogP contribution in [0, 0.1) is 6.92 Å². The van der Waals surface area contributed by atoms with Gasteiger partial charge in [0.05, 0.1) is 25.3 Å². The summed E-state index contributed by atoms with van der Waals surface area (Å²) in [5.41, 5.74) is 3.22. The average molecular weight is 424 g/mol. The molecule has 31 heavy (non-hydrogen) atoms. The highest BCUT2D eigenvalue weighted by molar-refractivity contribution is 5.76. The fourth-order valence-electron chi connectivity index (χ4n) is 4.55. The molecule has 1 N–H and O–H groups in total. The topological polar surface area (TPSA) is 70.6 Å². The molecule has 0 bridgehead atoms. The third-order valence-electron chi connectivity index (χ3n) is 6.33. The Morgan fingerprint density at radius 2 is 2.10 bits per heavy atom. The van der Waals surface area contributed by atoms with Crippen molar-refractivity contribution in [3.8, 4) is 5.75 Å². The van der Waals surface area contributed by atoms with E-state index in [9.17, 15) is 4.79 Å². The molecule has 2 aliphatic heterocycles. The Morgan fingerprint density at radius 3 is 2.87 bits per heavy atom. The van der Waals surface area contributed by atoms with Crippen molar-refractivity contribution in [2.75, 3.05) is 45.7 Å². The molecule has 1 atom stereocenters. The van der Waals surface area contributed by atoms with Crippen molar-refractivity contribution >= 4 is 11.7 Å². The molecule has 0 aliphatic carbocycles. The molecule has 166 valence electrons. The van der Waals surface area contributed by atoms with Gasteiger partial charge in [-0.05, 0) is 51.4 Å². The molecule has 1 saturated heterocycles. The van der Waals surface area contributed by atoms with Crippen LogP contribution in [-0.4, -0.2) is 66.0 Å². The van der Waals surface area contributed by atoms with Gasteiger partial charge in [-0.2, -0.15) is 0 Å². The van der Waals surface area contributed by atoms with Crippen LogP contribution in [-0.2, 0) is 17.8 Å². The van der Waals surface area contributed by atoms with Gasteiger partial charge < -0.3 is 19.9 Å². The van der Waals surface area contributed by atoms with Gasteiger partial charge in [-0.25, -0.2) is 9.97 Å². The number of likely N-dealkylation sites (N-methyl/N-ethyl adjacent to an activating group) is 1. The zero-order chi connectivity index (χ0) is 21.8. The Kier molecular flexibility index (Phi) is 6.70. The number of amides is 1. The summed E-state index contributed by atoms with van der Waals surface area (Å²) in [5.74, 6) is 3.13. The summed E-state index contributed by atoms with van der Waals surface area (Å²) in [6, 6.07) is 7.89. The molecule has 7 nitrogen and oxygen atoms in total. The lowest BCUT2D eigenvalue weighted by Crippen LogP contribution is -2.38. The smallest absolute Gasteiger partial charge is 0.226 e. The molecular formula is C24H33N5O2. The van der Waals surface area contributed by atoms with Crippen molar-refractivity contribution in [2.24, 2.45) is 0 Å². The molecule has 3 heterocycles. The van der Waals surface area contributed by atoms with Crippen molar-refractivity contribution in [1.82, 2.24) is 19.8 Å². The minimum Gasteiger partial charge on any atom is -0.493 e. The van der Waals surface area contributed by atoms with Crippen LogP contribution in [0.25, 0.3) is 0 Å². The van der Waals surface area contributed by atoms with Crippen molar-refractivity contribution in [3.05, 3.63) is 46.9 Å². The lowest BCUT2D eigenvalue weighted by atomic mass is 9.96. The molecule has 0 radical (unpaired) electrons. The lowest BCUT2D eigenvalue weighted by Gasteiger charge is -2.32. The number of hydrogen-bond acceptors (Lipinski definition) is 6. The number of carbonyl (C=O) groups excluding carboxylic acids is 1. The van der Waals surface area contributed by atoms with E-state index in [1.165, 1.54) is 6.42 Å². The normalized spacial score (nSPS) is 19.1. The summed E-state index contributed by atoms with van der Waals surface area (Å²) in [5, 5.41) is 3.26. The molecule has 1 aromatic carbocycles. The van der Waals surface area contributed by atoms with E-state index < -0.39 is 0 Å². The van der Waals surface area contributed by atoms with Crippen LogP contribution in [0.1, 0.15) is 47.8 Å². The highest BCUT2D eigenvalue weighted by atomic mass is 16.5. The molecule has 0 unspecified atom stereocenters. The van der Waals surface area contributed by atoms with Gasteiger partial charge in [0, 0.05) is 31.6 Å². The van der Waals surface area contributed by atoms with Gasteiger partial charge in [0.1, 0.15) is 17.4 Å². The SMILES string of the molecule is CNc1nc([C@H]2CCCN(C)C2)nc2c1CCN(C(=O)CCOc1ccccc1C)C2. The van der Waals surface area contributed by atoms with E-state index in [1.54, 1.807) is 0 Å². The number of rotatable bonds is 6. The number of carbonyl (C=O) groups is 1. The number of fused-ring (bicyclic) bond motifs is 1. The van der Waals surface area contributed by atoms with Crippen LogP contribution >= 0.6 is 0 Å². The maximum Gasteiger partial charge on any atom is 0.226 e. The first kappa shape index (κ1) is 21.6.